The SMILES string of the molecule is CCCCCCCCCCCCSc1nnc2n1NC(n1nc(C)cc1C)=NC(C(=O)OCC)=N2. The Balaban J connectivity index is 1.59. The summed E-state index contributed by atoms with van der Waals surface area (Å²) in [5.74, 6) is 0.793. The molecule has 3 rings (SSSR count). The van der Waals surface area contributed by atoms with Crippen molar-refractivity contribution in [1.29, 1.82) is 0 Å². The fourth-order valence-corrected chi connectivity index (χ4v) is 4.74. The second kappa shape index (κ2) is 14.0. The number of ether oxygens (including phenoxy) is 1. The number of amidine groups is 1. The summed E-state index contributed by atoms with van der Waals surface area (Å²) in [6, 6.07) is 1.93. The molecule has 11 heteroatoms. The van der Waals surface area contributed by atoms with Crippen LogP contribution in [0.5, 0.6) is 0 Å². The van der Waals surface area contributed by atoms with Crippen molar-refractivity contribution < 1.29 is 9.53 Å². The third kappa shape index (κ3) is 7.91. The van der Waals surface area contributed by atoms with Crippen molar-refractivity contribution in [1.82, 2.24) is 24.7 Å². The van der Waals surface area contributed by atoms with E-state index in [1.807, 2.05) is 19.9 Å². The van der Waals surface area contributed by atoms with Gasteiger partial charge in [-0.15, -0.1) is 10.2 Å². The van der Waals surface area contributed by atoms with E-state index in [2.05, 4.69) is 37.6 Å². The molecule has 1 aliphatic rings. The van der Waals surface area contributed by atoms with Crippen molar-refractivity contribution in [2.24, 2.45) is 9.98 Å². The van der Waals surface area contributed by atoms with Crippen LogP contribution in [0.1, 0.15) is 89.4 Å². The number of rotatable bonds is 14. The summed E-state index contributed by atoms with van der Waals surface area (Å²) in [4.78, 5) is 21.2. The Labute approximate surface area is 212 Å². The van der Waals surface area contributed by atoms with Gasteiger partial charge in [0.25, 0.3) is 5.95 Å². The first-order valence-electron chi connectivity index (χ1n) is 12.8. The van der Waals surface area contributed by atoms with Gasteiger partial charge in [0.05, 0.1) is 12.3 Å². The van der Waals surface area contributed by atoms with Gasteiger partial charge in [-0.25, -0.2) is 9.48 Å². The maximum Gasteiger partial charge on any atom is 0.376 e. The van der Waals surface area contributed by atoms with Crippen LogP contribution in [0.4, 0.5) is 5.95 Å². The van der Waals surface area contributed by atoms with Crippen LogP contribution in [-0.4, -0.2) is 54.8 Å². The molecule has 0 fully saturated rings. The number of nitrogens with one attached hydrogen (secondary N) is 1. The van der Waals surface area contributed by atoms with Gasteiger partial charge in [0, 0.05) is 11.4 Å². The van der Waals surface area contributed by atoms with Gasteiger partial charge < -0.3 is 4.74 Å². The van der Waals surface area contributed by atoms with Gasteiger partial charge in [-0.05, 0) is 33.3 Å². The highest BCUT2D eigenvalue weighted by molar-refractivity contribution is 7.99. The normalized spacial score (nSPS) is 13.0. The number of fused-ring (bicyclic) bond motifs is 1. The molecule has 192 valence electrons. The number of unbranched alkanes of at least 4 members (excludes halogenated alkanes) is 9. The minimum atomic E-state index is -0.621. The fraction of sp³-hybridized carbons (Fsp3) is 0.667. The molecule has 2 aromatic heterocycles. The van der Waals surface area contributed by atoms with E-state index in [0.29, 0.717) is 11.1 Å². The molecule has 3 heterocycles. The summed E-state index contributed by atoms with van der Waals surface area (Å²) >= 11 is 1.61. The molecule has 0 radical (unpaired) electrons. The minimum Gasteiger partial charge on any atom is -0.460 e. The Morgan fingerprint density at radius 2 is 1.66 bits per heavy atom. The van der Waals surface area contributed by atoms with Crippen molar-refractivity contribution in [3.05, 3.63) is 17.5 Å². The molecule has 2 aromatic rings. The van der Waals surface area contributed by atoms with Crippen LogP contribution in [0.2, 0.25) is 0 Å². The average Bonchev–Trinajstić information content (AvgIpc) is 3.30. The molecular formula is C24H38N8O2S. The van der Waals surface area contributed by atoms with Crippen molar-refractivity contribution in [2.45, 2.75) is 97.1 Å². The lowest BCUT2D eigenvalue weighted by Gasteiger charge is -2.12. The number of esters is 1. The number of aromatic nitrogens is 5. The number of aryl methyl sites for hydroxylation is 2. The number of nitrogens with zero attached hydrogens (tertiary/aromatic N) is 7. The van der Waals surface area contributed by atoms with Crippen LogP contribution in [0.15, 0.2) is 21.2 Å². The molecule has 0 aliphatic carbocycles. The molecule has 0 saturated heterocycles. The summed E-state index contributed by atoms with van der Waals surface area (Å²) in [7, 11) is 0. The van der Waals surface area contributed by atoms with E-state index in [1.165, 1.54) is 57.8 Å². The van der Waals surface area contributed by atoms with Gasteiger partial charge in [0.2, 0.25) is 17.0 Å². The molecule has 0 aromatic carbocycles. The Bertz CT molecular complexity index is 1030. The van der Waals surface area contributed by atoms with Gasteiger partial charge in [0.1, 0.15) is 0 Å². The first kappa shape index (κ1) is 26.9. The Morgan fingerprint density at radius 3 is 2.29 bits per heavy atom. The molecule has 35 heavy (non-hydrogen) atoms. The highest BCUT2D eigenvalue weighted by Gasteiger charge is 2.24. The lowest BCUT2D eigenvalue weighted by Crippen LogP contribution is -2.32. The maximum atomic E-state index is 12.4. The zero-order valence-electron chi connectivity index (χ0n) is 21.4. The number of thioether (sulfide) groups is 1. The second-order valence-corrected chi connectivity index (χ2v) is 9.75. The molecular weight excluding hydrogens is 464 g/mol. The van der Waals surface area contributed by atoms with Crippen LogP contribution < -0.4 is 5.43 Å². The first-order chi connectivity index (χ1) is 17.0. The van der Waals surface area contributed by atoms with E-state index >= 15 is 0 Å². The van der Waals surface area contributed by atoms with E-state index in [1.54, 1.807) is 28.0 Å². The number of carbonyl (C=O) groups is 1. The van der Waals surface area contributed by atoms with Gasteiger partial charge >= 0.3 is 5.97 Å². The number of hydrogen-bond acceptors (Lipinski definition) is 9. The van der Waals surface area contributed by atoms with Crippen molar-refractivity contribution in [3.63, 3.8) is 0 Å². The summed E-state index contributed by atoms with van der Waals surface area (Å²) in [6.07, 6.45) is 13.0. The van der Waals surface area contributed by atoms with E-state index < -0.39 is 5.97 Å². The van der Waals surface area contributed by atoms with Gasteiger partial charge in [-0.2, -0.15) is 19.8 Å². The topological polar surface area (TPSA) is 112 Å². The van der Waals surface area contributed by atoms with Crippen molar-refractivity contribution >= 4 is 35.5 Å². The molecule has 0 saturated carbocycles. The predicted molar refractivity (Wildman–Crippen MR) is 140 cm³/mol. The summed E-state index contributed by atoms with van der Waals surface area (Å²) in [6.45, 7) is 8.04. The summed E-state index contributed by atoms with van der Waals surface area (Å²) < 4.78 is 8.42. The quantitative estimate of drug-likeness (QED) is 0.216. The van der Waals surface area contributed by atoms with E-state index in [0.717, 1.165) is 23.6 Å². The van der Waals surface area contributed by atoms with E-state index in [-0.39, 0.29) is 18.4 Å². The van der Waals surface area contributed by atoms with Crippen LogP contribution in [0.3, 0.4) is 0 Å². The first-order valence-corrected chi connectivity index (χ1v) is 13.8. The van der Waals surface area contributed by atoms with Gasteiger partial charge in [-0.3, -0.25) is 5.43 Å². The molecule has 0 atom stereocenters. The molecule has 0 spiro atoms. The zero-order valence-corrected chi connectivity index (χ0v) is 22.2. The summed E-state index contributed by atoms with van der Waals surface area (Å²) in [5, 5.41) is 13.6. The molecule has 10 nitrogen and oxygen atoms in total. The fourth-order valence-electron chi connectivity index (χ4n) is 3.85. The number of carbonyl (C=O) groups excluding carboxylic acids is 1. The predicted octanol–water partition coefficient (Wildman–Crippen LogP) is 5.16. The number of hydrogen-bond donors (Lipinski definition) is 1. The van der Waals surface area contributed by atoms with Gasteiger partial charge in [-0.1, -0.05) is 76.5 Å². The Kier molecular flexibility index (Phi) is 10.8. The van der Waals surface area contributed by atoms with Crippen LogP contribution in [0.25, 0.3) is 0 Å². The third-order valence-corrected chi connectivity index (χ3v) is 6.66. The molecule has 0 amide bonds. The van der Waals surface area contributed by atoms with Crippen molar-refractivity contribution in [2.75, 3.05) is 17.8 Å². The maximum absolute atomic E-state index is 12.4. The highest BCUT2D eigenvalue weighted by Crippen LogP contribution is 2.23. The standard InChI is InChI=1S/C24H38N8O2S/c1-5-7-8-9-10-11-12-13-14-15-16-35-24-28-27-22-25-20(21(33)34-6-2)26-23(30-32(22)24)31-19(4)17-18(3)29-31/h17H,5-16H2,1-4H3,(H,25,26,27,30). The lowest BCUT2D eigenvalue weighted by atomic mass is 10.1. The van der Waals surface area contributed by atoms with Crippen LogP contribution in [0, 0.1) is 13.8 Å². The summed E-state index contributed by atoms with van der Waals surface area (Å²) in [5.41, 5.74) is 4.90. The molecule has 1 aliphatic heterocycles. The zero-order chi connectivity index (χ0) is 25.0. The molecule has 0 bridgehead atoms. The molecule has 1 N–H and O–H groups in total. The van der Waals surface area contributed by atoms with Crippen LogP contribution >= 0.6 is 11.8 Å². The van der Waals surface area contributed by atoms with E-state index in [9.17, 15) is 4.79 Å². The smallest absolute Gasteiger partial charge is 0.376 e. The van der Waals surface area contributed by atoms with E-state index in [4.69, 9.17) is 4.74 Å². The second-order valence-electron chi connectivity index (χ2n) is 8.69. The minimum absolute atomic E-state index is 0.0979. The largest absolute Gasteiger partial charge is 0.460 e. The average molecular weight is 503 g/mol. The highest BCUT2D eigenvalue weighted by atomic mass is 32.2. The van der Waals surface area contributed by atoms with Gasteiger partial charge in [0.15, 0.2) is 0 Å². The monoisotopic (exact) mass is 502 g/mol. The number of aliphatic imine (C=N–C) groups is 2. The Hall–Kier alpha value is -2.69. The molecule has 0 unspecified atom stereocenters. The van der Waals surface area contributed by atoms with Crippen LogP contribution in [-0.2, 0) is 9.53 Å². The Morgan fingerprint density at radius 1 is 0.971 bits per heavy atom. The lowest BCUT2D eigenvalue weighted by molar-refractivity contribution is -0.135. The third-order valence-electron chi connectivity index (χ3n) is 5.64. The van der Waals surface area contributed by atoms with Crippen molar-refractivity contribution in [3.8, 4) is 0 Å².